The molecular weight excluding hydrogens is 368 g/mol. The SMILES string of the molecule is C[C@@H]1CN(C(=O)C(=O)Nc2ccc(OC3CCCC3)c(Cl)c2)CC(C)(C)O1. The Labute approximate surface area is 165 Å². The van der Waals surface area contributed by atoms with E-state index < -0.39 is 17.4 Å². The lowest BCUT2D eigenvalue weighted by atomic mass is 10.1. The van der Waals surface area contributed by atoms with Crippen molar-refractivity contribution in [1.29, 1.82) is 0 Å². The lowest BCUT2D eigenvalue weighted by Gasteiger charge is -2.41. The van der Waals surface area contributed by atoms with Gasteiger partial charge < -0.3 is 19.7 Å². The van der Waals surface area contributed by atoms with Crippen LogP contribution in [-0.4, -0.2) is 47.6 Å². The molecule has 2 fully saturated rings. The molecule has 2 aliphatic rings. The molecule has 1 aliphatic heterocycles. The second kappa shape index (κ2) is 8.07. The van der Waals surface area contributed by atoms with E-state index in [-0.39, 0.29) is 12.2 Å². The number of nitrogens with zero attached hydrogens (tertiary/aromatic N) is 1. The highest BCUT2D eigenvalue weighted by atomic mass is 35.5. The van der Waals surface area contributed by atoms with Crippen molar-refractivity contribution in [3.05, 3.63) is 23.2 Å². The maximum absolute atomic E-state index is 12.5. The number of anilines is 1. The molecule has 0 bridgehead atoms. The second-order valence-electron chi connectivity index (χ2n) is 8.00. The molecule has 0 spiro atoms. The Bertz CT molecular complexity index is 716. The number of nitrogens with one attached hydrogen (secondary N) is 1. The van der Waals surface area contributed by atoms with E-state index in [2.05, 4.69) is 5.32 Å². The molecule has 1 saturated carbocycles. The third-order valence-corrected chi connectivity index (χ3v) is 5.13. The first-order chi connectivity index (χ1) is 12.7. The average molecular weight is 395 g/mol. The maximum atomic E-state index is 12.5. The van der Waals surface area contributed by atoms with Crippen molar-refractivity contribution >= 4 is 29.1 Å². The number of hydrogen-bond acceptors (Lipinski definition) is 4. The van der Waals surface area contributed by atoms with Crippen LogP contribution in [0.4, 0.5) is 5.69 Å². The van der Waals surface area contributed by atoms with Gasteiger partial charge in [-0.15, -0.1) is 0 Å². The monoisotopic (exact) mass is 394 g/mol. The van der Waals surface area contributed by atoms with Crippen LogP contribution in [0.2, 0.25) is 5.02 Å². The maximum Gasteiger partial charge on any atom is 0.313 e. The molecule has 1 aliphatic carbocycles. The average Bonchev–Trinajstić information content (AvgIpc) is 3.08. The Balaban J connectivity index is 1.61. The molecule has 1 atom stereocenters. The van der Waals surface area contributed by atoms with Gasteiger partial charge in [0.2, 0.25) is 0 Å². The van der Waals surface area contributed by atoms with E-state index in [4.69, 9.17) is 21.1 Å². The largest absolute Gasteiger partial charge is 0.489 e. The van der Waals surface area contributed by atoms with Crippen molar-refractivity contribution in [2.75, 3.05) is 18.4 Å². The molecule has 2 amide bonds. The van der Waals surface area contributed by atoms with Crippen LogP contribution < -0.4 is 10.1 Å². The summed E-state index contributed by atoms with van der Waals surface area (Å²) in [4.78, 5) is 26.4. The van der Waals surface area contributed by atoms with E-state index in [9.17, 15) is 9.59 Å². The number of benzene rings is 1. The fourth-order valence-electron chi connectivity index (χ4n) is 3.80. The van der Waals surface area contributed by atoms with Gasteiger partial charge in [-0.25, -0.2) is 0 Å². The topological polar surface area (TPSA) is 67.9 Å². The summed E-state index contributed by atoms with van der Waals surface area (Å²) in [6.45, 7) is 6.47. The third-order valence-electron chi connectivity index (χ3n) is 4.84. The summed E-state index contributed by atoms with van der Waals surface area (Å²) in [7, 11) is 0. The van der Waals surface area contributed by atoms with E-state index >= 15 is 0 Å². The fraction of sp³-hybridized carbons (Fsp3) is 0.600. The molecule has 0 aromatic heterocycles. The molecule has 1 aromatic carbocycles. The van der Waals surface area contributed by atoms with Crippen molar-refractivity contribution in [2.45, 2.75) is 64.3 Å². The van der Waals surface area contributed by atoms with Gasteiger partial charge in [-0.2, -0.15) is 0 Å². The van der Waals surface area contributed by atoms with Gasteiger partial charge in [0.15, 0.2) is 0 Å². The number of amides is 2. The minimum atomic E-state index is -0.680. The zero-order valence-electron chi connectivity index (χ0n) is 16.1. The van der Waals surface area contributed by atoms with Gasteiger partial charge >= 0.3 is 11.8 Å². The lowest BCUT2D eigenvalue weighted by Crippen LogP contribution is -2.56. The zero-order valence-corrected chi connectivity index (χ0v) is 16.8. The van der Waals surface area contributed by atoms with E-state index in [1.807, 2.05) is 20.8 Å². The normalized spacial score (nSPS) is 22.5. The molecule has 148 valence electrons. The molecule has 0 radical (unpaired) electrons. The summed E-state index contributed by atoms with van der Waals surface area (Å²) in [5.41, 5.74) is -0.00597. The number of rotatable bonds is 3. The predicted octanol–water partition coefficient (Wildman–Crippen LogP) is 3.63. The smallest absolute Gasteiger partial charge is 0.313 e. The van der Waals surface area contributed by atoms with E-state index in [1.165, 1.54) is 17.7 Å². The molecule has 3 rings (SSSR count). The molecule has 7 heteroatoms. The molecule has 1 saturated heterocycles. The first kappa shape index (κ1) is 20.0. The first-order valence-electron chi connectivity index (χ1n) is 9.48. The minimum absolute atomic E-state index is 0.119. The summed E-state index contributed by atoms with van der Waals surface area (Å²) < 4.78 is 11.7. The predicted molar refractivity (Wildman–Crippen MR) is 104 cm³/mol. The third kappa shape index (κ3) is 5.14. The van der Waals surface area contributed by atoms with Crippen LogP contribution in [-0.2, 0) is 14.3 Å². The highest BCUT2D eigenvalue weighted by Crippen LogP contribution is 2.32. The summed E-state index contributed by atoms with van der Waals surface area (Å²) in [6.07, 6.45) is 4.52. The molecule has 1 N–H and O–H groups in total. The number of halogens is 1. The van der Waals surface area contributed by atoms with Crippen LogP contribution in [0.25, 0.3) is 0 Å². The second-order valence-corrected chi connectivity index (χ2v) is 8.40. The Hall–Kier alpha value is -1.79. The quantitative estimate of drug-likeness (QED) is 0.795. The number of morpholine rings is 1. The Morgan fingerprint density at radius 3 is 2.63 bits per heavy atom. The van der Waals surface area contributed by atoms with Crippen LogP contribution in [0.15, 0.2) is 18.2 Å². The summed E-state index contributed by atoms with van der Waals surface area (Å²) >= 11 is 6.29. The summed E-state index contributed by atoms with van der Waals surface area (Å²) in [6, 6.07) is 5.05. The van der Waals surface area contributed by atoms with Crippen molar-refractivity contribution in [3.63, 3.8) is 0 Å². The van der Waals surface area contributed by atoms with Crippen LogP contribution in [0.5, 0.6) is 5.75 Å². The van der Waals surface area contributed by atoms with E-state index in [1.54, 1.807) is 18.2 Å². The van der Waals surface area contributed by atoms with Gasteiger partial charge in [-0.3, -0.25) is 9.59 Å². The van der Waals surface area contributed by atoms with Crippen LogP contribution >= 0.6 is 11.6 Å². The summed E-state index contributed by atoms with van der Waals surface area (Å²) in [5.74, 6) is -0.641. The first-order valence-corrected chi connectivity index (χ1v) is 9.85. The van der Waals surface area contributed by atoms with Gasteiger partial charge in [0, 0.05) is 18.8 Å². The van der Waals surface area contributed by atoms with Crippen LogP contribution in [0.3, 0.4) is 0 Å². The van der Waals surface area contributed by atoms with E-state index in [0.29, 0.717) is 29.5 Å². The van der Waals surface area contributed by atoms with Crippen LogP contribution in [0.1, 0.15) is 46.5 Å². The van der Waals surface area contributed by atoms with Gasteiger partial charge in [0.25, 0.3) is 0 Å². The van der Waals surface area contributed by atoms with Crippen molar-refractivity contribution in [2.24, 2.45) is 0 Å². The number of carbonyl (C=O) groups excluding carboxylic acids is 2. The highest BCUT2D eigenvalue weighted by molar-refractivity contribution is 6.39. The molecule has 1 heterocycles. The lowest BCUT2D eigenvalue weighted by molar-refractivity contribution is -0.161. The van der Waals surface area contributed by atoms with Gasteiger partial charge in [-0.1, -0.05) is 11.6 Å². The molecule has 1 aromatic rings. The Kier molecular flexibility index (Phi) is 5.96. The standard InChI is InChI=1S/C20H27ClN2O4/c1-13-11-23(12-20(2,3)27-13)19(25)18(24)22-14-8-9-17(16(21)10-14)26-15-6-4-5-7-15/h8-10,13,15H,4-7,11-12H2,1-3H3,(H,22,24)/t13-/m1/s1. The van der Waals surface area contributed by atoms with Crippen molar-refractivity contribution in [3.8, 4) is 5.75 Å². The molecule has 27 heavy (non-hydrogen) atoms. The van der Waals surface area contributed by atoms with Crippen LogP contribution in [0, 0.1) is 0 Å². The van der Waals surface area contributed by atoms with Crippen molar-refractivity contribution < 1.29 is 19.1 Å². The fourth-order valence-corrected chi connectivity index (χ4v) is 4.02. The van der Waals surface area contributed by atoms with E-state index in [0.717, 1.165) is 12.8 Å². The van der Waals surface area contributed by atoms with Gasteiger partial charge in [0.05, 0.1) is 22.8 Å². The minimum Gasteiger partial charge on any atom is -0.489 e. The molecule has 6 nitrogen and oxygen atoms in total. The highest BCUT2D eigenvalue weighted by Gasteiger charge is 2.35. The number of hydrogen-bond donors (Lipinski definition) is 1. The van der Waals surface area contributed by atoms with Gasteiger partial charge in [0.1, 0.15) is 5.75 Å². The zero-order chi connectivity index (χ0) is 19.6. The Morgan fingerprint density at radius 2 is 2.00 bits per heavy atom. The van der Waals surface area contributed by atoms with Crippen molar-refractivity contribution in [1.82, 2.24) is 4.90 Å². The summed E-state index contributed by atoms with van der Waals surface area (Å²) in [5, 5.41) is 3.06. The number of ether oxygens (including phenoxy) is 2. The van der Waals surface area contributed by atoms with Gasteiger partial charge in [-0.05, 0) is 64.7 Å². The number of carbonyl (C=O) groups is 2. The molecule has 0 unspecified atom stereocenters. The molecular formula is C20H27ClN2O4. The Morgan fingerprint density at radius 1 is 1.30 bits per heavy atom.